The third kappa shape index (κ3) is 3.83. The van der Waals surface area contributed by atoms with E-state index in [0.717, 1.165) is 6.42 Å². The van der Waals surface area contributed by atoms with E-state index in [2.05, 4.69) is 22.8 Å². The van der Waals surface area contributed by atoms with Gasteiger partial charge in [-0.05, 0) is 42.5 Å². The van der Waals surface area contributed by atoms with E-state index in [1.165, 1.54) is 0 Å². The van der Waals surface area contributed by atoms with Crippen LogP contribution < -0.4 is 20.1 Å². The van der Waals surface area contributed by atoms with Gasteiger partial charge in [-0.3, -0.25) is 9.59 Å². The summed E-state index contributed by atoms with van der Waals surface area (Å²) in [6.45, 7) is 0. The quantitative estimate of drug-likeness (QED) is 0.735. The maximum absolute atomic E-state index is 13.1. The highest BCUT2D eigenvalue weighted by molar-refractivity contribution is 6.01. The van der Waals surface area contributed by atoms with Gasteiger partial charge in [0.2, 0.25) is 11.8 Å². The zero-order valence-corrected chi connectivity index (χ0v) is 16.4. The maximum atomic E-state index is 13.1. The average Bonchev–Trinajstić information content (AvgIpc) is 3.35. The van der Waals surface area contributed by atoms with Gasteiger partial charge in [0.1, 0.15) is 11.5 Å². The topological polar surface area (TPSA) is 76.7 Å². The summed E-state index contributed by atoms with van der Waals surface area (Å²) in [5.74, 6) is 0.412. The van der Waals surface area contributed by atoms with E-state index in [-0.39, 0.29) is 23.7 Å². The Balaban J connectivity index is 1.51. The molecule has 4 atom stereocenters. The Bertz CT molecular complexity index is 880. The first kappa shape index (κ1) is 19.1. The normalized spacial score (nSPS) is 24.2. The molecule has 2 bridgehead atoms. The number of nitrogens with one attached hydrogen (secondary N) is 2. The van der Waals surface area contributed by atoms with Gasteiger partial charge in [0.25, 0.3) is 0 Å². The van der Waals surface area contributed by atoms with Crippen molar-refractivity contribution in [1.29, 1.82) is 0 Å². The van der Waals surface area contributed by atoms with E-state index >= 15 is 0 Å². The van der Waals surface area contributed by atoms with Gasteiger partial charge < -0.3 is 20.1 Å². The number of carbonyl (C=O) groups is 2. The molecule has 0 heterocycles. The fourth-order valence-electron chi connectivity index (χ4n) is 4.39. The lowest BCUT2D eigenvalue weighted by molar-refractivity contribution is -0.129. The van der Waals surface area contributed by atoms with Crippen molar-refractivity contribution in [2.24, 2.45) is 23.7 Å². The zero-order chi connectivity index (χ0) is 20.4. The van der Waals surface area contributed by atoms with Crippen molar-refractivity contribution in [2.45, 2.75) is 6.42 Å². The summed E-state index contributed by atoms with van der Waals surface area (Å²) >= 11 is 0. The number of methoxy groups -OCH3 is 2. The van der Waals surface area contributed by atoms with Crippen molar-refractivity contribution < 1.29 is 19.1 Å². The molecule has 0 aliphatic heterocycles. The van der Waals surface area contributed by atoms with Crippen LogP contribution in [0.15, 0.2) is 60.7 Å². The fourth-order valence-corrected chi connectivity index (χ4v) is 4.39. The molecule has 2 aromatic rings. The van der Waals surface area contributed by atoms with Crippen molar-refractivity contribution in [3.05, 3.63) is 60.7 Å². The number of hydrogen-bond donors (Lipinski definition) is 2. The van der Waals surface area contributed by atoms with Crippen LogP contribution in [0.2, 0.25) is 0 Å². The highest BCUT2D eigenvalue weighted by atomic mass is 16.5. The largest absolute Gasteiger partial charge is 0.497 e. The molecule has 0 saturated heterocycles. The molecule has 6 heteroatoms. The van der Waals surface area contributed by atoms with Gasteiger partial charge >= 0.3 is 0 Å². The molecule has 2 N–H and O–H groups in total. The van der Waals surface area contributed by atoms with Crippen LogP contribution in [0.3, 0.4) is 0 Å². The molecule has 2 aromatic carbocycles. The number of anilines is 2. The minimum Gasteiger partial charge on any atom is -0.497 e. The predicted octanol–water partition coefficient (Wildman–Crippen LogP) is 3.72. The summed E-state index contributed by atoms with van der Waals surface area (Å²) < 4.78 is 10.4. The molecule has 0 unspecified atom stereocenters. The second-order valence-corrected chi connectivity index (χ2v) is 7.44. The van der Waals surface area contributed by atoms with Gasteiger partial charge in [0.15, 0.2) is 0 Å². The van der Waals surface area contributed by atoms with Gasteiger partial charge in [0.05, 0.1) is 26.1 Å². The zero-order valence-electron chi connectivity index (χ0n) is 16.4. The monoisotopic (exact) mass is 392 g/mol. The van der Waals surface area contributed by atoms with Crippen LogP contribution in [-0.2, 0) is 9.59 Å². The molecule has 4 rings (SSSR count). The van der Waals surface area contributed by atoms with Crippen LogP contribution in [-0.4, -0.2) is 26.0 Å². The second-order valence-electron chi connectivity index (χ2n) is 7.44. The van der Waals surface area contributed by atoms with E-state index < -0.39 is 11.8 Å². The van der Waals surface area contributed by atoms with Gasteiger partial charge in [-0.25, -0.2) is 0 Å². The van der Waals surface area contributed by atoms with Crippen molar-refractivity contribution in [2.75, 3.05) is 24.9 Å². The number of allylic oxidation sites excluding steroid dienone is 2. The lowest BCUT2D eigenvalue weighted by atomic mass is 9.81. The first-order valence-corrected chi connectivity index (χ1v) is 9.67. The van der Waals surface area contributed by atoms with Crippen LogP contribution in [0.25, 0.3) is 0 Å². The summed E-state index contributed by atoms with van der Waals surface area (Å²) in [6.07, 6.45) is 4.96. The average molecular weight is 392 g/mol. The van der Waals surface area contributed by atoms with Crippen molar-refractivity contribution in [1.82, 2.24) is 0 Å². The summed E-state index contributed by atoms with van der Waals surface area (Å²) in [5.41, 5.74) is 1.32. The van der Waals surface area contributed by atoms with Crippen molar-refractivity contribution in [3.63, 3.8) is 0 Å². The van der Waals surface area contributed by atoms with Gasteiger partial charge in [-0.2, -0.15) is 0 Å². The van der Waals surface area contributed by atoms with E-state index in [9.17, 15) is 9.59 Å². The summed E-state index contributed by atoms with van der Waals surface area (Å²) in [4.78, 5) is 26.2. The molecule has 0 spiro atoms. The van der Waals surface area contributed by atoms with Crippen LogP contribution in [0, 0.1) is 23.7 Å². The smallest absolute Gasteiger partial charge is 0.228 e. The predicted molar refractivity (Wildman–Crippen MR) is 111 cm³/mol. The van der Waals surface area contributed by atoms with E-state index in [1.807, 2.05) is 36.4 Å². The summed E-state index contributed by atoms with van der Waals surface area (Å²) in [7, 11) is 3.17. The Morgan fingerprint density at radius 1 is 0.793 bits per heavy atom. The molecule has 1 saturated carbocycles. The first-order chi connectivity index (χ1) is 14.1. The molecule has 0 radical (unpaired) electrons. The summed E-state index contributed by atoms with van der Waals surface area (Å²) in [6, 6.07) is 14.5. The van der Waals surface area contributed by atoms with Gasteiger partial charge in [-0.15, -0.1) is 0 Å². The van der Waals surface area contributed by atoms with Crippen LogP contribution >= 0.6 is 0 Å². The van der Waals surface area contributed by atoms with Gasteiger partial charge in [0, 0.05) is 23.5 Å². The number of rotatable bonds is 6. The SMILES string of the molecule is COc1cccc(NC(=O)[C@H]2[C@H](C(=O)Nc3cccc(OC)c3)[C@H]3C=C[C@H]2C3)c1. The Morgan fingerprint density at radius 3 is 1.66 bits per heavy atom. The standard InChI is InChI=1S/C23H24N2O4/c1-28-18-7-3-5-16(12-18)24-22(26)20-14-9-10-15(11-14)21(20)23(27)25-17-6-4-8-19(13-17)29-2/h3-10,12-15,20-21H,11H2,1-2H3,(H,24,26)(H,25,27)/t14-,15-,20+,21+/m0/s1. The lowest BCUT2D eigenvalue weighted by Crippen LogP contribution is -2.39. The lowest BCUT2D eigenvalue weighted by Gasteiger charge is -2.26. The Hall–Kier alpha value is -3.28. The van der Waals surface area contributed by atoms with Crippen molar-refractivity contribution in [3.8, 4) is 11.5 Å². The molecule has 29 heavy (non-hydrogen) atoms. The maximum Gasteiger partial charge on any atom is 0.228 e. The Morgan fingerprint density at radius 2 is 1.24 bits per heavy atom. The number of carbonyl (C=O) groups excluding carboxylic acids is 2. The van der Waals surface area contributed by atoms with Crippen molar-refractivity contribution >= 4 is 23.2 Å². The highest BCUT2D eigenvalue weighted by Crippen LogP contribution is 2.48. The number of ether oxygens (including phenoxy) is 2. The van der Waals surface area contributed by atoms with Crippen LogP contribution in [0.1, 0.15) is 6.42 Å². The minimum absolute atomic E-state index is 0.0756. The number of hydrogen-bond acceptors (Lipinski definition) is 4. The number of fused-ring (bicyclic) bond motifs is 2. The number of benzene rings is 2. The van der Waals surface area contributed by atoms with E-state index in [1.54, 1.807) is 26.4 Å². The molecular formula is C23H24N2O4. The molecule has 150 valence electrons. The molecular weight excluding hydrogens is 368 g/mol. The molecule has 2 amide bonds. The fraction of sp³-hybridized carbons (Fsp3) is 0.304. The molecule has 2 aliphatic carbocycles. The molecule has 6 nitrogen and oxygen atoms in total. The number of amides is 2. The molecule has 0 aromatic heterocycles. The third-order valence-corrected chi connectivity index (χ3v) is 5.74. The van der Waals surface area contributed by atoms with E-state index in [0.29, 0.717) is 22.9 Å². The van der Waals surface area contributed by atoms with Gasteiger partial charge in [-0.1, -0.05) is 24.3 Å². The van der Waals surface area contributed by atoms with E-state index in [4.69, 9.17) is 9.47 Å². The first-order valence-electron chi connectivity index (χ1n) is 9.67. The Labute approximate surface area is 169 Å². The Kier molecular flexibility index (Phi) is 5.25. The third-order valence-electron chi connectivity index (χ3n) is 5.74. The van der Waals surface area contributed by atoms with Crippen LogP contribution in [0.4, 0.5) is 11.4 Å². The minimum atomic E-state index is -0.401. The molecule has 1 fully saturated rings. The highest BCUT2D eigenvalue weighted by Gasteiger charge is 2.51. The second kappa shape index (κ2) is 7.99. The summed E-state index contributed by atoms with van der Waals surface area (Å²) in [5, 5.41) is 5.92. The van der Waals surface area contributed by atoms with Crippen LogP contribution in [0.5, 0.6) is 11.5 Å². The molecule has 2 aliphatic rings.